The second-order valence-corrected chi connectivity index (χ2v) is 11.2. The zero-order valence-electron chi connectivity index (χ0n) is 10.7. The molecule has 0 fully saturated rings. The van der Waals surface area contributed by atoms with Gasteiger partial charge < -0.3 is 0 Å². The maximum atomic E-state index is 2.51. The fourth-order valence-corrected chi connectivity index (χ4v) is 5.75. The molecule has 0 amide bonds. The summed E-state index contributed by atoms with van der Waals surface area (Å²) in [5.74, 6) is 0. The third kappa shape index (κ3) is 5.55. The molecule has 0 unspecified atom stereocenters. The van der Waals surface area contributed by atoms with Gasteiger partial charge in [-0.05, 0) is 0 Å². The number of unbranched alkanes of at least 4 members (excludes halogenated alkanes) is 1. The van der Waals surface area contributed by atoms with E-state index in [4.69, 9.17) is 0 Å². The average molecular weight is 314 g/mol. The van der Waals surface area contributed by atoms with Gasteiger partial charge in [-0.25, -0.2) is 0 Å². The van der Waals surface area contributed by atoms with Crippen LogP contribution in [-0.2, 0) is 20.4 Å². The topological polar surface area (TPSA) is 0 Å². The zero-order chi connectivity index (χ0) is 10.8. The van der Waals surface area contributed by atoms with Gasteiger partial charge in [-0.1, -0.05) is 0 Å². The van der Waals surface area contributed by atoms with Crippen molar-refractivity contribution in [1.29, 1.82) is 0 Å². The van der Waals surface area contributed by atoms with Crippen molar-refractivity contribution in [3.63, 3.8) is 0 Å². The van der Waals surface area contributed by atoms with Crippen molar-refractivity contribution in [1.82, 2.24) is 0 Å². The second-order valence-electron chi connectivity index (χ2n) is 5.23. The second kappa shape index (κ2) is 8.16. The van der Waals surface area contributed by atoms with Gasteiger partial charge in [-0.3, -0.25) is 0 Å². The Morgan fingerprint density at radius 1 is 1.25 bits per heavy atom. The van der Waals surface area contributed by atoms with Gasteiger partial charge in [0.1, 0.15) is 0 Å². The first-order chi connectivity index (χ1) is 6.45. The Balaban J connectivity index is 0. The summed E-state index contributed by atoms with van der Waals surface area (Å²) in [5, 5.41) is 1.71. The van der Waals surface area contributed by atoms with E-state index in [0.29, 0.717) is 0 Å². The Bertz CT molecular complexity index is 277. The Hall–Kier alpha value is 0.991. The van der Waals surface area contributed by atoms with E-state index in [0.717, 1.165) is 0 Å². The summed E-state index contributed by atoms with van der Waals surface area (Å²) in [5.41, 5.74) is 1.68. The molecule has 0 atom stereocenters. The first-order valence-corrected chi connectivity index (χ1v) is 9.88. The van der Waals surface area contributed by atoms with Gasteiger partial charge in [0, 0.05) is 0 Å². The molecule has 0 saturated carbocycles. The summed E-state index contributed by atoms with van der Waals surface area (Å²) in [6, 6.07) is 0. The molecule has 0 bridgehead atoms. The van der Waals surface area contributed by atoms with Crippen LogP contribution in [0.15, 0.2) is 20.7 Å². The molecule has 1 aliphatic rings. The third-order valence-electron chi connectivity index (χ3n) is 2.74. The Labute approximate surface area is 126 Å². The van der Waals surface area contributed by atoms with Crippen LogP contribution in [0.1, 0.15) is 32.6 Å². The van der Waals surface area contributed by atoms with Crippen molar-refractivity contribution in [3.05, 3.63) is 20.7 Å². The molecule has 0 aliphatic heterocycles. The normalized spacial score (nSPS) is 15.3. The van der Waals surface area contributed by atoms with E-state index >= 15 is 0 Å². The van der Waals surface area contributed by atoms with E-state index in [1.54, 1.807) is 14.6 Å². The zero-order valence-corrected chi connectivity index (χ0v) is 14.9. The molecule has 0 aromatic heterocycles. The van der Waals surface area contributed by atoms with E-state index in [1.807, 2.05) is 0 Å². The fourth-order valence-electron chi connectivity index (χ4n) is 1.90. The molecule has 0 heterocycles. The summed E-state index contributed by atoms with van der Waals surface area (Å²) in [6.45, 7) is 9.62. The predicted octanol–water partition coefficient (Wildman–Crippen LogP) is 5.03. The van der Waals surface area contributed by atoms with Crippen LogP contribution in [0.25, 0.3) is 0 Å². The van der Waals surface area contributed by atoms with Crippen LogP contribution >= 0.6 is 24.8 Å². The maximum Gasteiger partial charge on any atom is -0.147 e. The van der Waals surface area contributed by atoms with Crippen LogP contribution < -0.4 is 0 Å². The van der Waals surface area contributed by atoms with Gasteiger partial charge in [0.25, 0.3) is 0 Å². The van der Waals surface area contributed by atoms with Gasteiger partial charge in [0.2, 0.25) is 0 Å². The van der Waals surface area contributed by atoms with Crippen molar-refractivity contribution >= 4 is 32.9 Å². The summed E-state index contributed by atoms with van der Waals surface area (Å²) >= 11 is 2.32. The van der Waals surface area contributed by atoms with Gasteiger partial charge >= 0.3 is 101 Å². The molecule has 0 spiro atoms. The van der Waals surface area contributed by atoms with Crippen molar-refractivity contribution < 1.29 is 20.4 Å². The molecule has 0 N–H and O–H groups in total. The van der Waals surface area contributed by atoms with Crippen molar-refractivity contribution in [2.24, 2.45) is 0 Å². The first-order valence-electron chi connectivity index (χ1n) is 5.60. The molecule has 1 aliphatic carbocycles. The van der Waals surface area contributed by atoms with Gasteiger partial charge in [0.15, 0.2) is 0 Å². The smallest absolute Gasteiger partial charge is 0.147 e. The molecular formula is C12H23Cl2SiTi. The molecule has 16 heavy (non-hydrogen) atoms. The van der Waals surface area contributed by atoms with E-state index in [9.17, 15) is 0 Å². The minimum absolute atomic E-state index is 0. The van der Waals surface area contributed by atoms with Gasteiger partial charge in [-0.15, -0.1) is 24.8 Å². The van der Waals surface area contributed by atoms with Crippen LogP contribution in [0.4, 0.5) is 0 Å². The van der Waals surface area contributed by atoms with Crippen LogP contribution in [-0.4, -0.2) is 8.07 Å². The number of halogens is 2. The molecule has 93 valence electrons. The molecule has 1 rings (SSSR count). The molecule has 4 heteroatoms. The molecule has 0 nitrogen and oxygen atoms in total. The maximum absolute atomic E-state index is 2.51. The van der Waals surface area contributed by atoms with E-state index in [2.05, 4.69) is 53.1 Å². The van der Waals surface area contributed by atoms with Crippen LogP contribution in [0.5, 0.6) is 0 Å². The summed E-state index contributed by atoms with van der Waals surface area (Å²) in [7, 11) is -1.07. The standard InChI is InChI=1S/C12H21Si.2ClH.Ti/c1-5-6-7-11-8-9-12(10-11)13(2,3)4;;;/h10H,5-8H2,1-4H3;2*1H;. The third-order valence-corrected chi connectivity index (χ3v) is 5.89. The van der Waals surface area contributed by atoms with Crippen LogP contribution in [0.3, 0.4) is 0 Å². The number of hydrogen-bond donors (Lipinski definition) is 0. The number of hydrogen-bond acceptors (Lipinski definition) is 0. The van der Waals surface area contributed by atoms with Crippen LogP contribution in [0, 0.1) is 0 Å². The van der Waals surface area contributed by atoms with Gasteiger partial charge in [0.05, 0.1) is 0 Å². The molecule has 0 aromatic carbocycles. The predicted molar refractivity (Wildman–Crippen MR) is 77.1 cm³/mol. The van der Waals surface area contributed by atoms with Crippen molar-refractivity contribution in [3.8, 4) is 0 Å². The first kappa shape index (κ1) is 19.3. The average Bonchev–Trinajstić information content (AvgIpc) is 2.42. The largest absolute Gasteiger partial charge is 0.147 e. The molecular weight excluding hydrogens is 291 g/mol. The Kier molecular flexibility index (Phi) is 9.86. The fraction of sp³-hybridized carbons (Fsp3) is 0.667. The summed E-state index contributed by atoms with van der Waals surface area (Å²) < 4.78 is 1.65. The quantitative estimate of drug-likeness (QED) is 0.639. The van der Waals surface area contributed by atoms with E-state index < -0.39 is 8.07 Å². The van der Waals surface area contributed by atoms with E-state index in [-0.39, 0.29) is 24.8 Å². The molecule has 0 saturated heterocycles. The molecule has 0 radical (unpaired) electrons. The van der Waals surface area contributed by atoms with Crippen molar-refractivity contribution in [2.75, 3.05) is 0 Å². The molecule has 0 aromatic rings. The monoisotopic (exact) mass is 313 g/mol. The van der Waals surface area contributed by atoms with Crippen molar-refractivity contribution in [2.45, 2.75) is 52.2 Å². The minimum Gasteiger partial charge on any atom is -0.147 e. The Morgan fingerprint density at radius 3 is 2.19 bits per heavy atom. The summed E-state index contributed by atoms with van der Waals surface area (Å²) in [6.07, 6.45) is 7.77. The summed E-state index contributed by atoms with van der Waals surface area (Å²) in [4.78, 5) is 0. The van der Waals surface area contributed by atoms with Crippen LogP contribution in [0.2, 0.25) is 19.6 Å². The minimum atomic E-state index is -1.07. The Morgan fingerprint density at radius 2 is 1.81 bits per heavy atom. The van der Waals surface area contributed by atoms with Gasteiger partial charge in [-0.2, -0.15) is 0 Å². The van der Waals surface area contributed by atoms with E-state index in [1.165, 1.54) is 25.7 Å². The number of allylic oxidation sites excluding steroid dienone is 4. The number of rotatable bonds is 4. The SMILES string of the molecule is CCCCC1=CC([Si](C)(C)C)=[C]([Ti])C1.Cl.Cl.